The number of rotatable bonds is 7. The second-order valence-corrected chi connectivity index (χ2v) is 13.4. The Hall–Kier alpha value is -5.80. The highest BCUT2D eigenvalue weighted by Crippen LogP contribution is 2.22. The fraction of sp³-hybridized carbons (Fsp3) is 0.459. The van der Waals surface area contributed by atoms with Crippen molar-refractivity contribution >= 4 is 47.4 Å². The average molecular weight is 735 g/mol. The molecule has 53 heavy (non-hydrogen) atoms. The number of aliphatic carboxylic acids is 2. The minimum atomic E-state index is -1.72. The molecule has 16 nitrogen and oxygen atoms in total. The van der Waals surface area contributed by atoms with E-state index in [2.05, 4.69) is 21.3 Å². The number of carbonyl (C=O) groups is 8. The number of carboxylic acid groups (broad SMARTS) is 2. The fourth-order valence-corrected chi connectivity index (χ4v) is 6.39. The van der Waals surface area contributed by atoms with E-state index in [1.165, 1.54) is 12.6 Å². The average Bonchev–Trinajstić information content (AvgIpc) is 3.12. The molecule has 4 rings (SSSR count). The summed E-state index contributed by atoms with van der Waals surface area (Å²) in [5, 5.41) is 29.2. The number of nitrogens with zero attached hydrogens (tertiary/aromatic N) is 2. The Morgan fingerprint density at radius 3 is 1.77 bits per heavy atom. The van der Waals surface area contributed by atoms with Gasteiger partial charge in [-0.2, -0.15) is 0 Å². The minimum Gasteiger partial charge on any atom is -0.480 e. The van der Waals surface area contributed by atoms with Gasteiger partial charge in [-0.1, -0.05) is 60.7 Å². The Bertz CT molecular complexity index is 1650. The lowest BCUT2D eigenvalue weighted by molar-refractivity contribution is -0.144. The van der Waals surface area contributed by atoms with Crippen LogP contribution >= 0.6 is 0 Å². The van der Waals surface area contributed by atoms with Crippen LogP contribution in [0.5, 0.6) is 0 Å². The zero-order chi connectivity index (χ0) is 38.5. The highest BCUT2D eigenvalue weighted by atomic mass is 16.4. The maximum atomic E-state index is 14.0. The molecule has 16 heteroatoms. The van der Waals surface area contributed by atoms with Crippen LogP contribution in [0.4, 0.5) is 0 Å². The van der Waals surface area contributed by atoms with Crippen molar-refractivity contribution in [1.82, 2.24) is 31.1 Å². The number of carbonyl (C=O) groups excluding carboxylic acids is 6. The molecule has 6 N–H and O–H groups in total. The maximum Gasteiger partial charge on any atom is 0.326 e. The van der Waals surface area contributed by atoms with Crippen LogP contribution in [0.2, 0.25) is 0 Å². The molecule has 0 saturated carbocycles. The quantitative estimate of drug-likeness (QED) is 0.220. The van der Waals surface area contributed by atoms with E-state index in [-0.39, 0.29) is 12.8 Å². The molecule has 2 aliphatic heterocycles. The zero-order valence-corrected chi connectivity index (χ0v) is 29.5. The molecule has 0 spiro atoms. The van der Waals surface area contributed by atoms with E-state index in [0.717, 1.165) is 11.3 Å². The van der Waals surface area contributed by atoms with Gasteiger partial charge in [0.25, 0.3) is 0 Å². The summed E-state index contributed by atoms with van der Waals surface area (Å²) in [5.41, 5.74) is 1.79. The van der Waals surface area contributed by atoms with Crippen molar-refractivity contribution in [1.29, 1.82) is 0 Å². The number of piperidine rings is 1. The second kappa shape index (κ2) is 19.2. The van der Waals surface area contributed by atoms with Gasteiger partial charge in [0.15, 0.2) is 0 Å². The Kier molecular flexibility index (Phi) is 14.4. The molecule has 0 bridgehead atoms. The first-order valence-corrected chi connectivity index (χ1v) is 17.5. The third kappa shape index (κ3) is 12.4. The summed E-state index contributed by atoms with van der Waals surface area (Å²) in [5.74, 6) is -7.43. The van der Waals surface area contributed by atoms with Gasteiger partial charge < -0.3 is 41.3 Å². The molecule has 6 amide bonds. The predicted octanol–water partition coefficient (Wildman–Crippen LogP) is -0.149. The van der Waals surface area contributed by atoms with Crippen LogP contribution < -0.4 is 21.3 Å². The lowest BCUT2D eigenvalue weighted by Gasteiger charge is -2.35. The van der Waals surface area contributed by atoms with Crippen molar-refractivity contribution in [3.63, 3.8) is 0 Å². The Morgan fingerprint density at radius 1 is 0.660 bits per heavy atom. The predicted molar refractivity (Wildman–Crippen MR) is 189 cm³/mol. The third-order valence-corrected chi connectivity index (χ3v) is 9.34. The molecule has 284 valence electrons. The highest BCUT2D eigenvalue weighted by Gasteiger charge is 2.35. The van der Waals surface area contributed by atoms with E-state index in [1.807, 2.05) is 30.3 Å². The summed E-state index contributed by atoms with van der Waals surface area (Å²) in [6.07, 6.45) is -0.0683. The molecule has 0 aliphatic carbocycles. The van der Waals surface area contributed by atoms with Crippen LogP contribution in [0.25, 0.3) is 0 Å². The number of hydrogen-bond acceptors (Lipinski definition) is 8. The van der Waals surface area contributed by atoms with Crippen LogP contribution in [0, 0.1) is 5.92 Å². The molecule has 0 radical (unpaired) electrons. The van der Waals surface area contributed by atoms with Gasteiger partial charge in [0, 0.05) is 33.0 Å². The van der Waals surface area contributed by atoms with Crippen LogP contribution in [0.15, 0.2) is 60.7 Å². The van der Waals surface area contributed by atoms with Crippen molar-refractivity contribution < 1.29 is 48.6 Å². The highest BCUT2D eigenvalue weighted by molar-refractivity contribution is 5.96. The van der Waals surface area contributed by atoms with Gasteiger partial charge in [-0.15, -0.1) is 0 Å². The number of nitrogens with one attached hydrogen (secondary N) is 4. The van der Waals surface area contributed by atoms with E-state index in [0.29, 0.717) is 37.4 Å². The van der Waals surface area contributed by atoms with Crippen LogP contribution in [0.3, 0.4) is 0 Å². The molecule has 0 aromatic heterocycles. The van der Waals surface area contributed by atoms with Crippen molar-refractivity contribution in [3.05, 3.63) is 71.8 Å². The lowest BCUT2D eigenvalue weighted by atomic mass is 9.90. The summed E-state index contributed by atoms with van der Waals surface area (Å²) in [4.78, 5) is 106. The number of likely N-dealkylation sites (N-methyl/N-ethyl adjacent to an activating group) is 1. The molecular formula is C37H46N6O10. The summed E-state index contributed by atoms with van der Waals surface area (Å²) in [6.45, 7) is 0.106. The number of benzene rings is 2. The van der Waals surface area contributed by atoms with Crippen molar-refractivity contribution in [2.75, 3.05) is 26.7 Å². The smallest absolute Gasteiger partial charge is 0.326 e. The molecule has 2 aromatic carbocycles. The van der Waals surface area contributed by atoms with Crippen molar-refractivity contribution in [2.45, 2.75) is 75.5 Å². The van der Waals surface area contributed by atoms with E-state index < -0.39 is 97.4 Å². The van der Waals surface area contributed by atoms with Crippen LogP contribution in [-0.2, 0) is 51.2 Å². The zero-order valence-electron chi connectivity index (χ0n) is 29.5. The number of likely N-dealkylation sites (tertiary alicyclic amines) is 1. The Balaban J connectivity index is 1.61. The first kappa shape index (κ1) is 40.0. The molecule has 2 fully saturated rings. The van der Waals surface area contributed by atoms with Gasteiger partial charge in [-0.3, -0.25) is 28.8 Å². The normalized spacial score (nSPS) is 23.3. The van der Waals surface area contributed by atoms with E-state index in [4.69, 9.17) is 0 Å². The van der Waals surface area contributed by atoms with Crippen molar-refractivity contribution in [2.24, 2.45) is 5.92 Å². The van der Waals surface area contributed by atoms with Gasteiger partial charge in [0.1, 0.15) is 24.2 Å². The molecular weight excluding hydrogens is 688 g/mol. The first-order valence-electron chi connectivity index (χ1n) is 17.5. The fourth-order valence-electron chi connectivity index (χ4n) is 6.39. The van der Waals surface area contributed by atoms with E-state index in [9.17, 15) is 48.6 Å². The van der Waals surface area contributed by atoms with Crippen LogP contribution in [-0.4, -0.2) is 118 Å². The standard InChI is InChI=1S/C37H46N6O10/c1-42-22-32(46)40-29(37(52)53)21-31(45)39-27(19-24-10-6-3-7-11-24)34(48)41-28(20-30(44)38-26(36(50)51)12-13-33(42)47)35(49)43-16-14-25(15-17-43)18-23-8-4-2-5-9-23/h2-11,25-29H,12-22H2,1H3,(H,38,44)(H,39,45)(H,40,46)(H,41,48)(H,50,51)(H,52,53)/t26-,27-,28-,29-/m1/s1. The largest absolute Gasteiger partial charge is 0.480 e. The summed E-state index contributed by atoms with van der Waals surface area (Å²) < 4.78 is 0. The maximum absolute atomic E-state index is 14.0. The minimum absolute atomic E-state index is 0.0749. The van der Waals surface area contributed by atoms with Crippen molar-refractivity contribution in [3.8, 4) is 0 Å². The first-order chi connectivity index (χ1) is 25.3. The molecule has 0 unspecified atom stereocenters. The second-order valence-electron chi connectivity index (χ2n) is 13.4. The Labute approximate surface area is 306 Å². The van der Waals surface area contributed by atoms with Gasteiger partial charge in [-0.25, -0.2) is 9.59 Å². The third-order valence-electron chi connectivity index (χ3n) is 9.34. The van der Waals surface area contributed by atoms with Gasteiger partial charge in [-0.05, 0) is 42.7 Å². The number of carboxylic acids is 2. The van der Waals surface area contributed by atoms with E-state index in [1.54, 1.807) is 35.2 Å². The molecule has 2 aliphatic rings. The summed E-state index contributed by atoms with van der Waals surface area (Å²) >= 11 is 0. The van der Waals surface area contributed by atoms with Crippen LogP contribution in [0.1, 0.15) is 49.7 Å². The van der Waals surface area contributed by atoms with Gasteiger partial charge in [0.2, 0.25) is 35.4 Å². The lowest BCUT2D eigenvalue weighted by Crippen LogP contribution is -2.57. The van der Waals surface area contributed by atoms with Gasteiger partial charge in [0.05, 0.1) is 19.4 Å². The molecule has 2 saturated heterocycles. The monoisotopic (exact) mass is 734 g/mol. The SMILES string of the molecule is CN1CC(=O)N[C@@H](C(=O)O)CC(=O)N[C@H](Cc2ccccc2)C(=O)N[C@@H](C(=O)N2CCC(Cc3ccccc3)CC2)CC(=O)N[C@@H](C(=O)O)CCC1=O. The topological polar surface area (TPSA) is 232 Å². The Morgan fingerprint density at radius 2 is 1.19 bits per heavy atom. The number of amides is 6. The molecule has 4 atom stereocenters. The summed E-state index contributed by atoms with van der Waals surface area (Å²) in [6, 6.07) is 12.5. The van der Waals surface area contributed by atoms with Gasteiger partial charge >= 0.3 is 11.9 Å². The summed E-state index contributed by atoms with van der Waals surface area (Å²) in [7, 11) is 1.26. The number of hydrogen-bond donors (Lipinski definition) is 6. The molecule has 2 heterocycles. The molecule has 2 aromatic rings. The van der Waals surface area contributed by atoms with E-state index >= 15 is 0 Å².